The average Bonchev–Trinajstić information content (AvgIpc) is 3.16. The van der Waals surface area contributed by atoms with E-state index >= 15 is 0 Å². The first-order valence-electron chi connectivity index (χ1n) is 9.37. The van der Waals surface area contributed by atoms with Crippen molar-refractivity contribution in [3.63, 3.8) is 0 Å². The molecule has 1 fully saturated rings. The number of aryl methyl sites for hydroxylation is 3. The van der Waals surface area contributed by atoms with Crippen LogP contribution in [0.5, 0.6) is 0 Å². The molecule has 0 aliphatic carbocycles. The third-order valence-electron chi connectivity index (χ3n) is 5.18. The van der Waals surface area contributed by atoms with Crippen LogP contribution in [0.4, 0.5) is 0 Å². The van der Waals surface area contributed by atoms with Crippen molar-refractivity contribution in [2.45, 2.75) is 39.0 Å². The summed E-state index contributed by atoms with van der Waals surface area (Å²) >= 11 is 0. The number of fused-ring (bicyclic) bond motifs is 1. The van der Waals surface area contributed by atoms with Gasteiger partial charge in [-0.05, 0) is 68.4 Å². The fourth-order valence-corrected chi connectivity index (χ4v) is 3.76. The highest BCUT2D eigenvalue weighted by Crippen LogP contribution is 2.19. The van der Waals surface area contributed by atoms with Crippen LogP contribution in [-0.4, -0.2) is 39.1 Å². The molecule has 0 radical (unpaired) electrons. The molecule has 134 valence electrons. The maximum absolute atomic E-state index is 12.7. The minimum atomic E-state index is 0.143. The Bertz CT molecular complexity index is 925. The molecule has 1 N–H and O–H groups in total. The number of carbonyl (C=O) groups is 1. The van der Waals surface area contributed by atoms with Gasteiger partial charge in [0.05, 0.1) is 11.7 Å². The van der Waals surface area contributed by atoms with Gasteiger partial charge in [0.2, 0.25) is 0 Å². The number of aromatic nitrogens is 3. The number of carbonyl (C=O) groups excluding carboxylic acids is 1. The van der Waals surface area contributed by atoms with Gasteiger partial charge in [-0.25, -0.2) is 0 Å². The highest BCUT2D eigenvalue weighted by Gasteiger charge is 2.18. The van der Waals surface area contributed by atoms with Crippen molar-refractivity contribution in [1.82, 2.24) is 20.1 Å². The smallest absolute Gasteiger partial charge is 0.253 e. The summed E-state index contributed by atoms with van der Waals surface area (Å²) in [6, 6.07) is 8.17. The number of benzene rings is 1. The van der Waals surface area contributed by atoms with E-state index in [9.17, 15) is 4.79 Å². The second-order valence-corrected chi connectivity index (χ2v) is 7.14. The molecule has 5 heteroatoms. The maximum Gasteiger partial charge on any atom is 0.253 e. The molecule has 4 rings (SSSR count). The van der Waals surface area contributed by atoms with E-state index in [-0.39, 0.29) is 5.91 Å². The number of H-pyrrole nitrogens is 1. The summed E-state index contributed by atoms with van der Waals surface area (Å²) in [4.78, 5) is 19.1. The van der Waals surface area contributed by atoms with Crippen LogP contribution in [0.3, 0.4) is 0 Å². The van der Waals surface area contributed by atoms with E-state index in [0.29, 0.717) is 0 Å². The van der Waals surface area contributed by atoms with Crippen LogP contribution in [0.15, 0.2) is 36.7 Å². The van der Waals surface area contributed by atoms with Gasteiger partial charge in [-0.2, -0.15) is 5.10 Å². The summed E-state index contributed by atoms with van der Waals surface area (Å²) in [6.07, 6.45) is 8.80. The molecule has 1 amide bonds. The summed E-state index contributed by atoms with van der Waals surface area (Å²) < 4.78 is 0. The zero-order valence-corrected chi connectivity index (χ0v) is 15.2. The fraction of sp³-hybridized carbons (Fsp3) is 0.381. The van der Waals surface area contributed by atoms with Crippen molar-refractivity contribution >= 4 is 16.8 Å². The number of amides is 1. The molecule has 0 saturated carbocycles. The zero-order chi connectivity index (χ0) is 17.9. The lowest BCUT2D eigenvalue weighted by atomic mass is 10.0. The number of nitrogens with zero attached hydrogens (tertiary/aromatic N) is 3. The van der Waals surface area contributed by atoms with Crippen molar-refractivity contribution in [3.05, 3.63) is 59.0 Å². The molecule has 0 spiro atoms. The van der Waals surface area contributed by atoms with Gasteiger partial charge in [-0.1, -0.05) is 6.07 Å². The SMILES string of the molecule is Cc1cc(CCc2cc(C(=O)N3CCCCC3)ccn2)cc2cn[nH]c12. The molecule has 26 heavy (non-hydrogen) atoms. The molecule has 0 bridgehead atoms. The topological polar surface area (TPSA) is 61.9 Å². The predicted octanol–water partition coefficient (Wildman–Crippen LogP) is 3.68. The standard InChI is InChI=1S/C21H24N4O/c1-15-11-16(12-18-14-23-24-20(15)18)5-6-19-13-17(7-8-22-19)21(26)25-9-3-2-4-10-25/h7-8,11-14H,2-6,9-10H2,1H3,(H,23,24). The second-order valence-electron chi connectivity index (χ2n) is 7.14. The van der Waals surface area contributed by atoms with Gasteiger partial charge < -0.3 is 4.90 Å². The lowest BCUT2D eigenvalue weighted by Crippen LogP contribution is -2.35. The summed E-state index contributed by atoms with van der Waals surface area (Å²) in [5.41, 5.74) is 5.31. The van der Waals surface area contributed by atoms with Crippen molar-refractivity contribution in [1.29, 1.82) is 0 Å². The Morgan fingerprint density at radius 2 is 2.00 bits per heavy atom. The monoisotopic (exact) mass is 348 g/mol. The van der Waals surface area contributed by atoms with E-state index in [1.165, 1.54) is 17.5 Å². The number of nitrogens with one attached hydrogen (secondary N) is 1. The minimum absolute atomic E-state index is 0.143. The summed E-state index contributed by atoms with van der Waals surface area (Å²) in [6.45, 7) is 3.85. The molecule has 3 aromatic rings. The van der Waals surface area contributed by atoms with Gasteiger partial charge in [-0.15, -0.1) is 0 Å². The largest absolute Gasteiger partial charge is 0.339 e. The fourth-order valence-electron chi connectivity index (χ4n) is 3.76. The maximum atomic E-state index is 12.7. The Morgan fingerprint density at radius 3 is 2.85 bits per heavy atom. The number of pyridine rings is 1. The van der Waals surface area contributed by atoms with Crippen LogP contribution in [0.1, 0.15) is 46.4 Å². The van der Waals surface area contributed by atoms with Gasteiger partial charge in [0.25, 0.3) is 5.91 Å². The van der Waals surface area contributed by atoms with E-state index in [1.807, 2.05) is 23.2 Å². The number of piperidine rings is 1. The van der Waals surface area contributed by atoms with E-state index in [0.717, 1.165) is 60.9 Å². The Morgan fingerprint density at radius 1 is 1.15 bits per heavy atom. The van der Waals surface area contributed by atoms with Crippen molar-refractivity contribution < 1.29 is 4.79 Å². The quantitative estimate of drug-likeness (QED) is 0.782. The molecule has 5 nitrogen and oxygen atoms in total. The predicted molar refractivity (Wildman–Crippen MR) is 102 cm³/mol. The molecule has 1 aromatic carbocycles. The van der Waals surface area contributed by atoms with Gasteiger partial charge >= 0.3 is 0 Å². The minimum Gasteiger partial charge on any atom is -0.339 e. The average molecular weight is 348 g/mol. The first-order chi connectivity index (χ1) is 12.7. The third-order valence-corrected chi connectivity index (χ3v) is 5.18. The van der Waals surface area contributed by atoms with Gasteiger partial charge in [-0.3, -0.25) is 14.9 Å². The first-order valence-corrected chi connectivity index (χ1v) is 9.37. The van der Waals surface area contributed by atoms with Crippen LogP contribution in [0, 0.1) is 6.92 Å². The highest BCUT2D eigenvalue weighted by molar-refractivity contribution is 5.94. The molecule has 1 aliphatic heterocycles. The highest BCUT2D eigenvalue weighted by atomic mass is 16.2. The van der Waals surface area contributed by atoms with E-state index in [1.54, 1.807) is 6.20 Å². The van der Waals surface area contributed by atoms with Gasteiger partial charge in [0.1, 0.15) is 0 Å². The van der Waals surface area contributed by atoms with E-state index < -0.39 is 0 Å². The number of rotatable bonds is 4. The Balaban J connectivity index is 1.47. The lowest BCUT2D eigenvalue weighted by Gasteiger charge is -2.26. The third kappa shape index (κ3) is 3.47. The normalized spacial score (nSPS) is 14.7. The van der Waals surface area contributed by atoms with Crippen LogP contribution in [0.2, 0.25) is 0 Å². The molecule has 3 heterocycles. The molecular formula is C21H24N4O. The van der Waals surface area contributed by atoms with Crippen molar-refractivity contribution in [2.75, 3.05) is 13.1 Å². The summed E-state index contributed by atoms with van der Waals surface area (Å²) in [5.74, 6) is 0.143. The zero-order valence-electron chi connectivity index (χ0n) is 15.2. The molecule has 0 atom stereocenters. The van der Waals surface area contributed by atoms with Gasteiger partial charge in [0, 0.05) is 35.9 Å². The van der Waals surface area contributed by atoms with Crippen LogP contribution >= 0.6 is 0 Å². The molecule has 2 aromatic heterocycles. The summed E-state index contributed by atoms with van der Waals surface area (Å²) in [5, 5.41) is 8.29. The van der Waals surface area contributed by atoms with Crippen molar-refractivity contribution in [3.8, 4) is 0 Å². The Hall–Kier alpha value is -2.69. The first kappa shape index (κ1) is 16.8. The van der Waals surface area contributed by atoms with Crippen LogP contribution in [0.25, 0.3) is 10.9 Å². The van der Waals surface area contributed by atoms with E-state index in [4.69, 9.17) is 0 Å². The Labute approximate surface area is 153 Å². The summed E-state index contributed by atoms with van der Waals surface area (Å²) in [7, 11) is 0. The number of hydrogen-bond acceptors (Lipinski definition) is 3. The lowest BCUT2D eigenvalue weighted by molar-refractivity contribution is 0.0724. The van der Waals surface area contributed by atoms with Crippen molar-refractivity contribution in [2.24, 2.45) is 0 Å². The Kier molecular flexibility index (Phi) is 4.69. The molecule has 0 unspecified atom stereocenters. The number of aromatic amines is 1. The molecule has 1 saturated heterocycles. The number of likely N-dealkylation sites (tertiary alicyclic amines) is 1. The molecular weight excluding hydrogens is 324 g/mol. The van der Waals surface area contributed by atoms with Gasteiger partial charge in [0.15, 0.2) is 0 Å². The second kappa shape index (κ2) is 7.28. The van der Waals surface area contributed by atoms with E-state index in [2.05, 4.69) is 34.2 Å². The van der Waals surface area contributed by atoms with Crippen LogP contribution in [-0.2, 0) is 12.8 Å². The number of hydrogen-bond donors (Lipinski definition) is 1. The van der Waals surface area contributed by atoms with Crippen LogP contribution < -0.4 is 0 Å². The molecule has 1 aliphatic rings.